The van der Waals surface area contributed by atoms with Crippen LogP contribution in [0.3, 0.4) is 0 Å². The third-order valence-electron chi connectivity index (χ3n) is 12.8. The Morgan fingerprint density at radius 1 is 0.516 bits per heavy atom. The molecule has 4 heterocycles. The van der Waals surface area contributed by atoms with Crippen LogP contribution in [0.2, 0.25) is 0 Å². The van der Waals surface area contributed by atoms with E-state index in [1.54, 1.807) is 0 Å². The van der Waals surface area contributed by atoms with E-state index in [2.05, 4.69) is 143 Å². The molecule has 6 aromatic rings. The van der Waals surface area contributed by atoms with Gasteiger partial charge >= 0.3 is 11.9 Å². The lowest BCUT2D eigenvalue weighted by atomic mass is 9.86. The first-order chi connectivity index (χ1) is 30.9. The molecule has 2 aromatic heterocycles. The molecular formula is C54H64N6O4. The first-order valence-corrected chi connectivity index (χ1v) is 23.1. The van der Waals surface area contributed by atoms with Crippen molar-refractivity contribution in [2.24, 2.45) is 10.8 Å². The summed E-state index contributed by atoms with van der Waals surface area (Å²) in [6.07, 6.45) is 1.28. The molecule has 0 saturated carbocycles. The Hall–Kier alpha value is -5.84. The Labute approximate surface area is 379 Å². The molecule has 10 nitrogen and oxygen atoms in total. The van der Waals surface area contributed by atoms with Crippen LogP contribution < -0.4 is 9.80 Å². The number of ether oxygens (including phenoxy) is 2. The summed E-state index contributed by atoms with van der Waals surface area (Å²) in [5.41, 5.74) is 5.27. The standard InChI is InChI=1S/C54H64N6O4/c1-7-57-23-27-59(28-24-57)49-45-21-11-9-17-41(45)33-47(55-49)43-19-13-15-39(31-43)35-53(3,4)37-63-51(61)52(62)64-38-54(5,6)36-40-16-14-20-44(32-40)48-34-42-18-10-12-22-46(42)50(56-48)60-29-25-58(8-2)26-30-60/h9-22,31-34H,7-8,23-30,35-38H2,1-6H3. The summed E-state index contributed by atoms with van der Waals surface area (Å²) in [5.74, 6) is 0.125. The molecule has 4 aromatic carbocycles. The molecule has 2 saturated heterocycles. The van der Waals surface area contributed by atoms with Crippen LogP contribution in [0.1, 0.15) is 52.7 Å². The number of pyridine rings is 2. The third kappa shape index (κ3) is 10.7. The molecule has 2 fully saturated rings. The van der Waals surface area contributed by atoms with E-state index in [1.807, 2.05) is 27.7 Å². The molecule has 0 amide bonds. The fourth-order valence-corrected chi connectivity index (χ4v) is 9.22. The van der Waals surface area contributed by atoms with E-state index < -0.39 is 22.8 Å². The average molecular weight is 861 g/mol. The predicted octanol–water partition coefficient (Wildman–Crippen LogP) is 9.32. The molecule has 8 rings (SSSR count). The van der Waals surface area contributed by atoms with E-state index in [9.17, 15) is 9.59 Å². The maximum absolute atomic E-state index is 13.0. The van der Waals surface area contributed by atoms with Crippen LogP contribution in [0.4, 0.5) is 11.6 Å². The van der Waals surface area contributed by atoms with Crippen molar-refractivity contribution in [3.63, 3.8) is 0 Å². The van der Waals surface area contributed by atoms with Crippen LogP contribution in [-0.4, -0.2) is 110 Å². The van der Waals surface area contributed by atoms with Crippen LogP contribution >= 0.6 is 0 Å². The number of benzene rings is 4. The predicted molar refractivity (Wildman–Crippen MR) is 260 cm³/mol. The van der Waals surface area contributed by atoms with Gasteiger partial charge < -0.3 is 29.1 Å². The average Bonchev–Trinajstić information content (AvgIpc) is 3.31. The van der Waals surface area contributed by atoms with Gasteiger partial charge in [-0.2, -0.15) is 0 Å². The lowest BCUT2D eigenvalue weighted by Gasteiger charge is -2.35. The van der Waals surface area contributed by atoms with Crippen LogP contribution in [0.15, 0.2) is 109 Å². The number of aromatic nitrogens is 2. The zero-order valence-corrected chi connectivity index (χ0v) is 38.6. The van der Waals surface area contributed by atoms with Crippen LogP contribution in [0.5, 0.6) is 0 Å². The molecule has 0 spiro atoms. The summed E-state index contributed by atoms with van der Waals surface area (Å²) >= 11 is 0. The Balaban J connectivity index is 0.865. The van der Waals surface area contributed by atoms with Crippen molar-refractivity contribution >= 4 is 45.1 Å². The molecule has 0 radical (unpaired) electrons. The summed E-state index contributed by atoms with van der Waals surface area (Å²) in [6.45, 7) is 22.8. The summed E-state index contributed by atoms with van der Waals surface area (Å²) in [6, 6.07) is 38.2. The summed E-state index contributed by atoms with van der Waals surface area (Å²) < 4.78 is 11.2. The molecular weight excluding hydrogens is 797 g/mol. The van der Waals surface area contributed by atoms with Crippen molar-refractivity contribution < 1.29 is 19.1 Å². The highest BCUT2D eigenvalue weighted by Gasteiger charge is 2.29. The van der Waals surface area contributed by atoms with Gasteiger partial charge in [-0.3, -0.25) is 0 Å². The van der Waals surface area contributed by atoms with Crippen molar-refractivity contribution in [2.75, 3.05) is 88.5 Å². The number of hydrogen-bond acceptors (Lipinski definition) is 10. The van der Waals surface area contributed by atoms with Crippen LogP contribution in [0.25, 0.3) is 44.1 Å². The van der Waals surface area contributed by atoms with E-state index in [4.69, 9.17) is 19.4 Å². The SMILES string of the molecule is CCN1CCN(c2nc(-c3cccc(CC(C)(C)COC(=O)C(=O)OCC(C)(C)Cc4cccc(-c5cc6ccccc6c(N6CCN(CC)CC6)n5)c4)c3)cc3ccccc23)CC1. The zero-order valence-electron chi connectivity index (χ0n) is 38.6. The fraction of sp³-hybridized carbons (Fsp3) is 0.407. The highest BCUT2D eigenvalue weighted by atomic mass is 16.6. The van der Waals surface area contributed by atoms with E-state index in [0.717, 1.165) is 111 Å². The second-order valence-corrected chi connectivity index (χ2v) is 19.2. The normalized spacial score (nSPS) is 15.5. The molecule has 10 heteroatoms. The number of hydrogen-bond donors (Lipinski definition) is 0. The van der Waals surface area contributed by atoms with Gasteiger partial charge in [-0.05, 0) is 72.1 Å². The van der Waals surface area contributed by atoms with Gasteiger partial charge in [0.1, 0.15) is 11.6 Å². The molecule has 2 aliphatic heterocycles. The topological polar surface area (TPSA) is 91.3 Å². The molecule has 0 aliphatic carbocycles. The first kappa shape index (κ1) is 44.8. The summed E-state index contributed by atoms with van der Waals surface area (Å²) in [7, 11) is 0. The van der Waals surface area contributed by atoms with E-state index in [0.29, 0.717) is 12.8 Å². The quantitative estimate of drug-likeness (QED) is 0.0780. The number of fused-ring (bicyclic) bond motifs is 2. The van der Waals surface area contributed by atoms with Crippen molar-refractivity contribution in [3.05, 3.63) is 120 Å². The number of rotatable bonds is 14. The van der Waals surface area contributed by atoms with Gasteiger partial charge in [0.15, 0.2) is 0 Å². The van der Waals surface area contributed by atoms with Gasteiger partial charge in [0.25, 0.3) is 0 Å². The van der Waals surface area contributed by atoms with Crippen molar-refractivity contribution in [1.82, 2.24) is 19.8 Å². The van der Waals surface area contributed by atoms with Gasteiger partial charge in [-0.15, -0.1) is 0 Å². The maximum Gasteiger partial charge on any atom is 0.417 e. The largest absolute Gasteiger partial charge is 0.457 e. The van der Waals surface area contributed by atoms with Gasteiger partial charge in [-0.1, -0.05) is 126 Å². The maximum atomic E-state index is 13.0. The molecule has 2 aliphatic rings. The van der Waals surface area contributed by atoms with Gasteiger partial charge in [0.05, 0.1) is 24.6 Å². The minimum Gasteiger partial charge on any atom is -0.457 e. The van der Waals surface area contributed by atoms with Gasteiger partial charge in [0.2, 0.25) is 0 Å². The smallest absolute Gasteiger partial charge is 0.417 e. The molecule has 0 N–H and O–H groups in total. The van der Waals surface area contributed by atoms with Crippen molar-refractivity contribution in [2.45, 2.75) is 54.4 Å². The number of esters is 2. The highest BCUT2D eigenvalue weighted by Crippen LogP contribution is 2.34. The van der Waals surface area contributed by atoms with Gasteiger partial charge in [0, 0.05) is 85.1 Å². The van der Waals surface area contributed by atoms with Gasteiger partial charge in [-0.25, -0.2) is 19.6 Å². The second-order valence-electron chi connectivity index (χ2n) is 19.2. The number of carbonyl (C=O) groups excluding carboxylic acids is 2. The van der Waals surface area contributed by atoms with Crippen molar-refractivity contribution in [3.8, 4) is 22.5 Å². The second kappa shape index (κ2) is 19.5. The highest BCUT2D eigenvalue weighted by molar-refractivity contribution is 6.29. The molecule has 0 bridgehead atoms. The number of likely N-dealkylation sites (N-methyl/N-ethyl adjacent to an activating group) is 2. The third-order valence-corrected chi connectivity index (χ3v) is 12.8. The van der Waals surface area contributed by atoms with Crippen LogP contribution in [-0.2, 0) is 31.9 Å². The molecule has 64 heavy (non-hydrogen) atoms. The molecule has 0 unspecified atom stereocenters. The molecule has 334 valence electrons. The molecule has 0 atom stereocenters. The number of anilines is 2. The Morgan fingerprint density at radius 2 is 0.906 bits per heavy atom. The monoisotopic (exact) mass is 860 g/mol. The minimum atomic E-state index is -0.971. The fourth-order valence-electron chi connectivity index (χ4n) is 9.22. The Bertz CT molecular complexity index is 2410. The Kier molecular flexibility index (Phi) is 13.6. The van der Waals surface area contributed by atoms with E-state index in [-0.39, 0.29) is 13.2 Å². The lowest BCUT2D eigenvalue weighted by molar-refractivity contribution is -0.171. The Morgan fingerprint density at radius 3 is 1.30 bits per heavy atom. The first-order valence-electron chi connectivity index (χ1n) is 23.1. The number of carbonyl (C=O) groups is 2. The summed E-state index contributed by atoms with van der Waals surface area (Å²) in [5, 5.41) is 4.68. The number of nitrogens with zero attached hydrogens (tertiary/aromatic N) is 6. The van der Waals surface area contributed by atoms with Crippen LogP contribution in [0, 0.1) is 10.8 Å². The van der Waals surface area contributed by atoms with E-state index in [1.165, 1.54) is 21.5 Å². The minimum absolute atomic E-state index is 0.0723. The summed E-state index contributed by atoms with van der Waals surface area (Å²) in [4.78, 5) is 46.3. The zero-order chi connectivity index (χ0) is 44.8. The lowest BCUT2D eigenvalue weighted by Crippen LogP contribution is -2.46. The number of piperazine rings is 2. The van der Waals surface area contributed by atoms with E-state index >= 15 is 0 Å². The van der Waals surface area contributed by atoms with Crippen molar-refractivity contribution in [1.29, 1.82) is 0 Å².